The van der Waals surface area contributed by atoms with Gasteiger partial charge in [-0.1, -0.05) is 30.7 Å². The van der Waals surface area contributed by atoms with E-state index in [1.54, 1.807) is 12.1 Å². The van der Waals surface area contributed by atoms with E-state index in [0.717, 1.165) is 76.0 Å². The number of aromatic nitrogens is 1. The van der Waals surface area contributed by atoms with Gasteiger partial charge in [-0.05, 0) is 56.1 Å². The number of halogens is 2. The van der Waals surface area contributed by atoms with Crippen LogP contribution in [0.4, 0.5) is 10.2 Å². The van der Waals surface area contributed by atoms with Crippen LogP contribution in [0, 0.1) is 5.82 Å². The van der Waals surface area contributed by atoms with E-state index in [0.29, 0.717) is 17.1 Å². The topological polar surface area (TPSA) is 47.0 Å². The predicted molar refractivity (Wildman–Crippen MR) is 136 cm³/mol. The van der Waals surface area contributed by atoms with Crippen molar-refractivity contribution in [1.29, 1.82) is 0 Å². The quantitative estimate of drug-likeness (QED) is 0.676. The molecule has 1 aromatic heterocycles. The molecule has 8 heteroatoms. The van der Waals surface area contributed by atoms with Gasteiger partial charge in [0.1, 0.15) is 17.5 Å². The van der Waals surface area contributed by atoms with Crippen molar-refractivity contribution in [2.45, 2.75) is 44.8 Å². The maximum absolute atomic E-state index is 13.2. The van der Waals surface area contributed by atoms with E-state index >= 15 is 0 Å². The lowest BCUT2D eigenvalue weighted by atomic mass is 9.98. The Morgan fingerprint density at radius 1 is 1.12 bits per heavy atom. The van der Waals surface area contributed by atoms with Crippen molar-refractivity contribution in [2.24, 2.45) is 4.99 Å². The van der Waals surface area contributed by atoms with Crippen molar-refractivity contribution in [2.75, 3.05) is 50.7 Å². The number of pyridine rings is 1. The highest BCUT2D eigenvalue weighted by Crippen LogP contribution is 2.30. The number of rotatable bonds is 6. The zero-order valence-electron chi connectivity index (χ0n) is 19.9. The number of likely N-dealkylation sites (tertiary alicyclic amines) is 1. The number of piperidine rings is 1. The van der Waals surface area contributed by atoms with E-state index in [1.165, 1.54) is 18.4 Å². The van der Waals surface area contributed by atoms with Crippen LogP contribution in [0.2, 0.25) is 5.02 Å². The Hall–Kier alpha value is -2.22. The minimum atomic E-state index is -0.167. The largest absolute Gasteiger partial charge is 0.368 e. The summed E-state index contributed by atoms with van der Waals surface area (Å²) in [5.74, 6) is 1.61. The molecule has 2 fully saturated rings. The number of nitrogens with one attached hydrogen (secondary N) is 1. The van der Waals surface area contributed by atoms with Gasteiger partial charge in [0.25, 0.3) is 0 Å². The van der Waals surface area contributed by atoms with Crippen LogP contribution in [-0.4, -0.2) is 78.5 Å². The Bertz CT molecular complexity index is 1000. The molecule has 1 aromatic carbocycles. The monoisotopic (exact) mass is 484 g/mol. The van der Waals surface area contributed by atoms with Crippen molar-refractivity contribution in [1.82, 2.24) is 20.1 Å². The van der Waals surface area contributed by atoms with Crippen LogP contribution in [0.3, 0.4) is 0 Å². The molecule has 6 nitrogen and oxygen atoms in total. The molecule has 0 unspecified atom stereocenters. The van der Waals surface area contributed by atoms with Gasteiger partial charge in [-0.2, -0.15) is 0 Å². The average molecular weight is 485 g/mol. The summed E-state index contributed by atoms with van der Waals surface area (Å²) in [4.78, 5) is 16.8. The van der Waals surface area contributed by atoms with Gasteiger partial charge in [-0.25, -0.2) is 9.37 Å². The van der Waals surface area contributed by atoms with Crippen LogP contribution in [0.1, 0.15) is 37.3 Å². The summed E-state index contributed by atoms with van der Waals surface area (Å²) in [5, 5.41) is 3.99. The number of hydrogen-bond donors (Lipinski definition) is 1. The van der Waals surface area contributed by atoms with Crippen LogP contribution in [0.15, 0.2) is 41.5 Å². The standard InChI is InChI=1S/C26H34ClFN6/c1-2-22-18-33(26-24(27)15-20(16-31-26)25-29-9-10-30-25)13-14-34(22)23-7-11-32(12-8-23)17-19-3-5-21(28)6-4-19/h3-6,15-16,22-23H,2,7-14,17-18H2,1H3,(H,29,30)/t22-/m0/s1. The molecule has 4 heterocycles. The Balaban J connectivity index is 1.17. The smallest absolute Gasteiger partial charge is 0.147 e. The van der Waals surface area contributed by atoms with Crippen LogP contribution in [-0.2, 0) is 6.54 Å². The highest BCUT2D eigenvalue weighted by molar-refractivity contribution is 6.33. The molecule has 3 aliphatic rings. The lowest BCUT2D eigenvalue weighted by Crippen LogP contribution is -2.58. The molecule has 3 aliphatic heterocycles. The fourth-order valence-electron chi connectivity index (χ4n) is 5.55. The summed E-state index contributed by atoms with van der Waals surface area (Å²) >= 11 is 6.68. The number of amidine groups is 1. The third-order valence-corrected chi connectivity index (χ3v) is 7.69. The van der Waals surface area contributed by atoms with Crippen LogP contribution in [0.5, 0.6) is 0 Å². The zero-order chi connectivity index (χ0) is 23.5. The van der Waals surface area contributed by atoms with Gasteiger partial charge in [-0.3, -0.25) is 14.8 Å². The molecule has 1 atom stereocenters. The molecular weight excluding hydrogens is 451 g/mol. The van der Waals surface area contributed by atoms with E-state index in [1.807, 2.05) is 24.4 Å². The lowest BCUT2D eigenvalue weighted by molar-refractivity contribution is 0.0610. The summed E-state index contributed by atoms with van der Waals surface area (Å²) in [6.45, 7) is 9.98. The van der Waals surface area contributed by atoms with Crippen molar-refractivity contribution in [3.8, 4) is 0 Å². The number of nitrogens with zero attached hydrogens (tertiary/aromatic N) is 5. The molecule has 0 saturated carbocycles. The molecular formula is C26H34ClFN6. The fourth-order valence-corrected chi connectivity index (χ4v) is 5.83. The van der Waals surface area contributed by atoms with Crippen molar-refractivity contribution < 1.29 is 4.39 Å². The number of piperazine rings is 1. The summed E-state index contributed by atoms with van der Waals surface area (Å²) in [7, 11) is 0. The first-order valence-corrected chi connectivity index (χ1v) is 12.9. The molecule has 182 valence electrons. The highest BCUT2D eigenvalue weighted by atomic mass is 35.5. The van der Waals surface area contributed by atoms with E-state index in [9.17, 15) is 4.39 Å². The lowest BCUT2D eigenvalue weighted by Gasteiger charge is -2.47. The number of anilines is 1. The third kappa shape index (κ3) is 5.21. The molecule has 0 spiro atoms. The molecule has 2 saturated heterocycles. The fraction of sp³-hybridized carbons (Fsp3) is 0.538. The SMILES string of the molecule is CC[C@H]1CN(c2ncc(C3=NCCN3)cc2Cl)CCN1C1CCN(Cc2ccc(F)cc2)CC1. The Kier molecular flexibility index (Phi) is 7.32. The molecule has 0 aliphatic carbocycles. The second-order valence-corrected chi connectivity index (χ2v) is 9.97. The number of hydrogen-bond acceptors (Lipinski definition) is 6. The summed E-state index contributed by atoms with van der Waals surface area (Å²) in [6.07, 6.45) is 5.37. The minimum Gasteiger partial charge on any atom is -0.368 e. The van der Waals surface area contributed by atoms with Crippen LogP contribution >= 0.6 is 11.6 Å². The maximum Gasteiger partial charge on any atom is 0.147 e. The van der Waals surface area contributed by atoms with Crippen LogP contribution < -0.4 is 10.2 Å². The second kappa shape index (κ2) is 10.6. The van der Waals surface area contributed by atoms with Gasteiger partial charge < -0.3 is 10.2 Å². The second-order valence-electron chi connectivity index (χ2n) is 9.57. The normalized spacial score (nSPS) is 22.6. The number of benzene rings is 1. The van der Waals surface area contributed by atoms with E-state index in [-0.39, 0.29) is 5.82 Å². The summed E-state index contributed by atoms with van der Waals surface area (Å²) in [6, 6.07) is 10.0. The minimum absolute atomic E-state index is 0.167. The number of aliphatic imine (C=N–C) groups is 1. The highest BCUT2D eigenvalue weighted by Gasteiger charge is 2.34. The zero-order valence-corrected chi connectivity index (χ0v) is 20.6. The van der Waals surface area contributed by atoms with Gasteiger partial charge in [0.2, 0.25) is 0 Å². The van der Waals surface area contributed by atoms with Crippen molar-refractivity contribution in [3.05, 3.63) is 58.5 Å². The molecule has 0 bridgehead atoms. The maximum atomic E-state index is 13.2. The summed E-state index contributed by atoms with van der Waals surface area (Å²) in [5.41, 5.74) is 2.15. The Morgan fingerprint density at radius 2 is 1.91 bits per heavy atom. The predicted octanol–water partition coefficient (Wildman–Crippen LogP) is 3.79. The Labute approximate surface area is 206 Å². The van der Waals surface area contributed by atoms with Gasteiger partial charge in [-0.15, -0.1) is 0 Å². The molecule has 0 radical (unpaired) electrons. The van der Waals surface area contributed by atoms with Gasteiger partial charge >= 0.3 is 0 Å². The molecule has 5 rings (SSSR count). The van der Waals surface area contributed by atoms with Gasteiger partial charge in [0, 0.05) is 56.6 Å². The first-order chi connectivity index (χ1) is 16.6. The molecule has 2 aromatic rings. The third-order valence-electron chi connectivity index (χ3n) is 7.41. The van der Waals surface area contributed by atoms with Crippen molar-refractivity contribution in [3.63, 3.8) is 0 Å². The van der Waals surface area contributed by atoms with Crippen molar-refractivity contribution >= 4 is 23.3 Å². The van der Waals surface area contributed by atoms with Gasteiger partial charge in [0.05, 0.1) is 11.6 Å². The first kappa shape index (κ1) is 23.5. The van der Waals surface area contributed by atoms with E-state index in [4.69, 9.17) is 16.6 Å². The molecule has 34 heavy (non-hydrogen) atoms. The van der Waals surface area contributed by atoms with Gasteiger partial charge in [0.15, 0.2) is 0 Å². The van der Waals surface area contributed by atoms with E-state index in [2.05, 4.69) is 31.9 Å². The average Bonchev–Trinajstić information content (AvgIpc) is 3.41. The first-order valence-electron chi connectivity index (χ1n) is 12.5. The Morgan fingerprint density at radius 3 is 2.59 bits per heavy atom. The summed E-state index contributed by atoms with van der Waals surface area (Å²) < 4.78 is 13.2. The van der Waals surface area contributed by atoms with E-state index < -0.39 is 0 Å². The molecule has 0 amide bonds. The molecule has 1 N–H and O–H groups in total. The van der Waals surface area contributed by atoms with Crippen LogP contribution in [0.25, 0.3) is 0 Å².